The van der Waals surface area contributed by atoms with Crippen LogP contribution >= 0.6 is 0 Å². The summed E-state index contributed by atoms with van der Waals surface area (Å²) in [7, 11) is 1.62. The number of amides is 9. The standard InChI is InChI=1S/C58H97N9O21/c1-41(2)53(56(75)64-46(10-7-17-62-58(60)78)54(73)65-47-39-43(12-13-48(47)68)38-44(59)37-42(3)57(76)77)66-55(74)45(63-49(69)11-8-18-67-51(71)14-15-52(67)72)9-5-6-16-61-50(70)40-88-36-35-87-34-33-86-32-31-85-30-29-84-28-27-83-26-25-82-24-23-81-22-21-80-20-19-79-4/h12-15,39,41-42,44-46,53,68H,5-11,16-38,40,59H2,1-4H3,(H,61,70)(H,63,69)(H,64,75)(H,65,73)(H,66,74)(H,76,77)(H3,60,62,78)/t42-,44+,45-,46-,53-/m0/s1. The third-order valence-electron chi connectivity index (χ3n) is 13.0. The Morgan fingerprint density at radius 1 is 0.580 bits per heavy atom. The van der Waals surface area contributed by atoms with E-state index < -0.39 is 83.4 Å². The molecule has 0 saturated carbocycles. The van der Waals surface area contributed by atoms with E-state index in [0.717, 1.165) is 17.1 Å². The maximum atomic E-state index is 14.1. The van der Waals surface area contributed by atoms with Crippen molar-refractivity contribution in [2.24, 2.45) is 23.3 Å². The Labute approximate surface area is 515 Å². The number of carbonyl (C=O) groups is 9. The summed E-state index contributed by atoms with van der Waals surface area (Å²) < 4.78 is 54.0. The summed E-state index contributed by atoms with van der Waals surface area (Å²) in [6.45, 7) is 12.3. The molecule has 1 aromatic rings. The number of nitrogens with zero attached hydrogens (tertiary/aromatic N) is 1. The van der Waals surface area contributed by atoms with Gasteiger partial charge in [0, 0.05) is 51.4 Å². The molecule has 30 nitrogen and oxygen atoms in total. The number of unbranched alkanes of at least 4 members (excludes halogenated alkanes) is 1. The van der Waals surface area contributed by atoms with Crippen molar-refractivity contribution in [2.45, 2.75) is 103 Å². The smallest absolute Gasteiger partial charge is 0.312 e. The number of benzene rings is 1. The Kier molecular flexibility index (Phi) is 42.8. The van der Waals surface area contributed by atoms with Crippen molar-refractivity contribution >= 4 is 59.0 Å². The Morgan fingerprint density at radius 2 is 1.07 bits per heavy atom. The van der Waals surface area contributed by atoms with Gasteiger partial charge in [-0.25, -0.2) is 4.79 Å². The van der Waals surface area contributed by atoms with Crippen LogP contribution in [0.3, 0.4) is 0 Å². The molecule has 88 heavy (non-hydrogen) atoms. The topological polar surface area (TPSA) is 414 Å². The van der Waals surface area contributed by atoms with Gasteiger partial charge in [-0.1, -0.05) is 26.8 Å². The van der Waals surface area contributed by atoms with Crippen molar-refractivity contribution < 1.29 is 101 Å². The zero-order valence-electron chi connectivity index (χ0n) is 51.5. The van der Waals surface area contributed by atoms with Crippen molar-refractivity contribution in [1.82, 2.24) is 31.5 Å². The Hall–Kier alpha value is -6.45. The van der Waals surface area contributed by atoms with E-state index in [1.165, 1.54) is 19.1 Å². The number of carbonyl (C=O) groups excluding carboxylic acids is 8. The minimum atomic E-state index is -1.28. The van der Waals surface area contributed by atoms with Gasteiger partial charge in [0.05, 0.1) is 131 Å². The van der Waals surface area contributed by atoms with Crippen LogP contribution < -0.4 is 43.4 Å². The number of nitrogens with one attached hydrogen (secondary N) is 6. The van der Waals surface area contributed by atoms with E-state index in [1.54, 1.807) is 27.0 Å². The Balaban J connectivity index is 1.80. The largest absolute Gasteiger partial charge is 0.506 e. The highest BCUT2D eigenvalue weighted by molar-refractivity contribution is 6.12. The normalized spacial score (nSPS) is 13.9. The number of hydrogen-bond donors (Lipinski definition) is 10. The number of methoxy groups -OCH3 is 1. The van der Waals surface area contributed by atoms with E-state index in [2.05, 4.69) is 31.9 Å². The second-order valence-electron chi connectivity index (χ2n) is 20.7. The number of phenols is 1. The fourth-order valence-electron chi connectivity index (χ4n) is 8.21. The fraction of sp³-hybridized carbons (Fsp3) is 0.707. The third-order valence-corrected chi connectivity index (χ3v) is 13.0. The quantitative estimate of drug-likeness (QED) is 0.0226. The van der Waals surface area contributed by atoms with Crippen molar-refractivity contribution in [3.63, 3.8) is 0 Å². The third kappa shape index (κ3) is 37.4. The van der Waals surface area contributed by atoms with Crippen LogP contribution in [0.15, 0.2) is 30.4 Å². The van der Waals surface area contributed by atoms with Crippen molar-refractivity contribution in [1.29, 1.82) is 0 Å². The van der Waals surface area contributed by atoms with E-state index in [9.17, 15) is 53.4 Å². The minimum absolute atomic E-state index is 0.0171. The number of imide groups is 1. The monoisotopic (exact) mass is 1260 g/mol. The molecule has 1 aliphatic heterocycles. The number of hydrogen-bond acceptors (Lipinski definition) is 21. The number of anilines is 1. The number of nitrogens with two attached hydrogens (primary N) is 2. The summed E-state index contributed by atoms with van der Waals surface area (Å²) in [5, 5.41) is 35.9. The second-order valence-corrected chi connectivity index (χ2v) is 20.7. The second kappa shape index (κ2) is 48.5. The molecule has 500 valence electrons. The molecule has 1 aromatic carbocycles. The number of primary amides is 1. The molecule has 9 amide bonds. The van der Waals surface area contributed by atoms with Crippen LogP contribution in [0, 0.1) is 11.8 Å². The zero-order chi connectivity index (χ0) is 64.7. The highest BCUT2D eigenvalue weighted by atomic mass is 16.6. The number of carboxylic acid groups (broad SMARTS) is 1. The molecule has 1 aliphatic rings. The first-order valence-corrected chi connectivity index (χ1v) is 29.9. The van der Waals surface area contributed by atoms with Gasteiger partial charge in [-0.2, -0.15) is 0 Å². The molecule has 0 unspecified atom stereocenters. The van der Waals surface area contributed by atoms with Crippen LogP contribution in [0.5, 0.6) is 5.75 Å². The summed E-state index contributed by atoms with van der Waals surface area (Å²) in [5.74, 6) is -6.81. The number of phenolic OH excluding ortho intramolecular Hbond substituents is 1. The number of rotatable bonds is 55. The summed E-state index contributed by atoms with van der Waals surface area (Å²) >= 11 is 0. The molecule has 0 aliphatic carbocycles. The predicted octanol–water partition coefficient (Wildman–Crippen LogP) is -0.342. The maximum absolute atomic E-state index is 14.1. The minimum Gasteiger partial charge on any atom is -0.506 e. The lowest BCUT2D eigenvalue weighted by atomic mass is 9.96. The molecule has 0 fully saturated rings. The van der Waals surface area contributed by atoms with Crippen molar-refractivity contribution in [2.75, 3.05) is 158 Å². The maximum Gasteiger partial charge on any atom is 0.312 e. The van der Waals surface area contributed by atoms with E-state index in [-0.39, 0.29) is 102 Å². The van der Waals surface area contributed by atoms with Gasteiger partial charge in [-0.15, -0.1) is 0 Å². The molecule has 0 saturated heterocycles. The number of urea groups is 1. The fourth-order valence-corrected chi connectivity index (χ4v) is 8.21. The van der Waals surface area contributed by atoms with E-state index in [4.69, 9.17) is 58.8 Å². The first kappa shape index (κ1) is 77.6. The Bertz CT molecular complexity index is 2230. The Morgan fingerprint density at radius 3 is 1.57 bits per heavy atom. The van der Waals surface area contributed by atoms with Crippen LogP contribution in [-0.4, -0.2) is 245 Å². The summed E-state index contributed by atoms with van der Waals surface area (Å²) in [4.78, 5) is 116. The summed E-state index contributed by atoms with van der Waals surface area (Å²) in [6.07, 6.45) is 3.48. The summed E-state index contributed by atoms with van der Waals surface area (Å²) in [6, 6.07) is -0.702. The molecule has 12 N–H and O–H groups in total. The molecule has 0 spiro atoms. The van der Waals surface area contributed by atoms with Gasteiger partial charge in [0.15, 0.2) is 0 Å². The SMILES string of the molecule is COCCOCCOCCOCCOCCOCCOCCOCCOCCOCC(=O)NCCCC[C@H](NC(=O)CCCN1C(=O)C=CC1=O)C(=O)N[C@H](C(=O)N[C@@H](CCCNC(N)=O)C(=O)Nc1cc(C[C@H](N)C[C@H](C)C(=O)O)ccc1O)C(C)C. The predicted molar refractivity (Wildman–Crippen MR) is 318 cm³/mol. The van der Waals surface area contributed by atoms with E-state index in [0.29, 0.717) is 124 Å². The highest BCUT2D eigenvalue weighted by Crippen LogP contribution is 2.26. The molecule has 0 aromatic heterocycles. The molecular formula is C58H97N9O21. The molecule has 1 heterocycles. The molecule has 5 atom stereocenters. The van der Waals surface area contributed by atoms with Gasteiger partial charge in [0.1, 0.15) is 30.5 Å². The average molecular weight is 1260 g/mol. The molecule has 0 radical (unpaired) electrons. The van der Waals surface area contributed by atoms with Gasteiger partial charge < -0.3 is 101 Å². The molecule has 0 bridgehead atoms. The number of carboxylic acids is 1. The number of ether oxygens (including phenoxy) is 10. The van der Waals surface area contributed by atoms with Gasteiger partial charge in [-0.3, -0.25) is 43.3 Å². The number of aromatic hydroxyl groups is 1. The molecule has 2 rings (SSSR count). The van der Waals surface area contributed by atoms with Gasteiger partial charge >= 0.3 is 12.0 Å². The van der Waals surface area contributed by atoms with Crippen molar-refractivity contribution in [3.05, 3.63) is 35.9 Å². The summed E-state index contributed by atoms with van der Waals surface area (Å²) in [5.41, 5.74) is 12.0. The first-order valence-electron chi connectivity index (χ1n) is 29.9. The van der Waals surface area contributed by atoms with Gasteiger partial charge in [0.2, 0.25) is 29.5 Å². The number of aliphatic carboxylic acids is 1. The van der Waals surface area contributed by atoms with Gasteiger partial charge in [-0.05, 0) is 75.0 Å². The first-order chi connectivity index (χ1) is 42.3. The van der Waals surface area contributed by atoms with Crippen LogP contribution in [0.4, 0.5) is 10.5 Å². The average Bonchev–Trinajstić information content (AvgIpc) is 4.00. The lowest BCUT2D eigenvalue weighted by Crippen LogP contribution is -2.57. The zero-order valence-corrected chi connectivity index (χ0v) is 51.5. The van der Waals surface area contributed by atoms with Crippen molar-refractivity contribution in [3.8, 4) is 5.75 Å². The van der Waals surface area contributed by atoms with E-state index >= 15 is 0 Å². The molecular weight excluding hydrogens is 1160 g/mol. The van der Waals surface area contributed by atoms with Crippen LogP contribution in [0.1, 0.15) is 77.7 Å². The van der Waals surface area contributed by atoms with Gasteiger partial charge in [0.25, 0.3) is 11.8 Å². The van der Waals surface area contributed by atoms with Crippen LogP contribution in [0.2, 0.25) is 0 Å². The van der Waals surface area contributed by atoms with Crippen LogP contribution in [0.25, 0.3) is 0 Å². The molecule has 30 heteroatoms. The lowest BCUT2D eigenvalue weighted by Gasteiger charge is -2.27. The van der Waals surface area contributed by atoms with Crippen LogP contribution in [-0.2, 0) is 92.1 Å². The highest BCUT2D eigenvalue weighted by Gasteiger charge is 2.32. The van der Waals surface area contributed by atoms with E-state index in [1.807, 2.05) is 0 Å². The lowest BCUT2D eigenvalue weighted by molar-refractivity contribution is -0.141.